The molecule has 1 aliphatic rings. The van der Waals surface area contributed by atoms with Crippen LogP contribution >= 0.6 is 0 Å². The van der Waals surface area contributed by atoms with Crippen molar-refractivity contribution in [2.45, 2.75) is 6.18 Å². The fraction of sp³-hybridized carbons (Fsp3) is 0.211. The van der Waals surface area contributed by atoms with E-state index in [1.165, 1.54) is 31.4 Å². The Kier molecular flexibility index (Phi) is 6.02. The van der Waals surface area contributed by atoms with Crippen LogP contribution in [0.2, 0.25) is 0 Å². The van der Waals surface area contributed by atoms with E-state index < -0.39 is 51.7 Å². The average molecular weight is 456 g/mol. The largest absolute Gasteiger partial charge is 0.497 e. The molecule has 0 unspecified atom stereocenters. The first kappa shape index (κ1) is 22.3. The molecule has 0 fully saturated rings. The molecule has 3 rings (SSSR count). The Bertz CT molecular complexity index is 1110. The van der Waals surface area contributed by atoms with Gasteiger partial charge in [0.05, 0.1) is 18.2 Å². The lowest BCUT2D eigenvalue weighted by Gasteiger charge is -2.14. The van der Waals surface area contributed by atoms with Crippen molar-refractivity contribution in [2.24, 2.45) is 5.16 Å². The molecule has 0 saturated carbocycles. The van der Waals surface area contributed by atoms with Gasteiger partial charge in [0.25, 0.3) is 11.8 Å². The van der Waals surface area contributed by atoms with Crippen LogP contribution in [0.1, 0.15) is 26.3 Å². The second kappa shape index (κ2) is 8.38. The minimum atomic E-state index is -5.01. The molecule has 164 valence electrons. The fourth-order valence-electron chi connectivity index (χ4n) is 2.79. The molecule has 8 nitrogen and oxygen atoms in total. The lowest BCUT2D eigenvalue weighted by atomic mass is 10.1. The molecule has 0 bridgehead atoms. The van der Waals surface area contributed by atoms with Crippen molar-refractivity contribution in [3.05, 3.63) is 65.2 Å². The first-order chi connectivity index (χ1) is 14.5. The summed E-state index contributed by atoms with van der Waals surface area (Å²) >= 11 is 0. The lowest BCUT2D eigenvalue weighted by molar-refractivity contribution is -0.0597. The predicted octanol–water partition coefficient (Wildman–Crippen LogP) is 2.60. The summed E-state index contributed by atoms with van der Waals surface area (Å²) in [5, 5.41) is 2.79. The number of carbonyl (C=O) groups is 2. The molecule has 0 aromatic heterocycles. The number of imide groups is 1. The Balaban J connectivity index is 1.73. The molecule has 2 aromatic carbocycles. The number of halogens is 3. The third kappa shape index (κ3) is 4.85. The van der Waals surface area contributed by atoms with Crippen LogP contribution in [0.3, 0.4) is 0 Å². The Morgan fingerprint density at radius 1 is 1.00 bits per heavy atom. The van der Waals surface area contributed by atoms with Crippen LogP contribution in [0.4, 0.5) is 13.2 Å². The molecule has 1 heterocycles. The number of rotatable bonds is 7. The van der Waals surface area contributed by atoms with Gasteiger partial charge in [0.1, 0.15) is 11.5 Å². The summed E-state index contributed by atoms with van der Waals surface area (Å²) in [6, 6.07) is 10.5. The minimum Gasteiger partial charge on any atom is -0.497 e. The predicted molar refractivity (Wildman–Crippen MR) is 102 cm³/mol. The monoisotopic (exact) mass is 456 g/mol. The number of oxime groups is 1. The maximum absolute atomic E-state index is 13.3. The van der Waals surface area contributed by atoms with Crippen molar-refractivity contribution in [1.82, 2.24) is 4.90 Å². The summed E-state index contributed by atoms with van der Waals surface area (Å²) in [5.74, 6) is -2.04. The van der Waals surface area contributed by atoms with Gasteiger partial charge in [0, 0.05) is 12.1 Å². The molecule has 0 radical (unpaired) electrons. The number of benzene rings is 2. The third-order valence-electron chi connectivity index (χ3n) is 4.32. The number of hydrogen-bond acceptors (Lipinski definition) is 7. The molecule has 0 aliphatic carbocycles. The number of carbonyl (C=O) groups excluding carboxylic acids is 2. The summed E-state index contributed by atoms with van der Waals surface area (Å²) in [7, 11) is -3.31. The normalized spacial score (nSPS) is 14.6. The topological polar surface area (TPSA) is 102 Å². The molecular weight excluding hydrogens is 441 g/mol. The summed E-state index contributed by atoms with van der Waals surface area (Å²) in [6.45, 7) is -0.603. The second-order valence-corrected chi connectivity index (χ2v) is 7.98. The lowest BCUT2D eigenvalue weighted by Crippen LogP contribution is -2.34. The van der Waals surface area contributed by atoms with Gasteiger partial charge in [-0.1, -0.05) is 17.3 Å². The van der Waals surface area contributed by atoms with Gasteiger partial charge in [-0.25, -0.2) is 0 Å². The summed E-state index contributed by atoms with van der Waals surface area (Å²) in [4.78, 5) is 25.2. The number of fused-ring (bicyclic) bond motifs is 1. The smallest absolute Gasteiger partial charge is 0.437 e. The zero-order valence-corrected chi connectivity index (χ0v) is 16.7. The van der Waals surface area contributed by atoms with Crippen molar-refractivity contribution < 1.29 is 40.2 Å². The van der Waals surface area contributed by atoms with Gasteiger partial charge in [-0.2, -0.15) is 21.6 Å². The molecule has 12 heteroatoms. The quantitative estimate of drug-likeness (QED) is 0.361. The molecule has 0 N–H and O–H groups in total. The zero-order chi connectivity index (χ0) is 22.8. The zero-order valence-electron chi connectivity index (χ0n) is 15.9. The average Bonchev–Trinajstić information content (AvgIpc) is 2.96. The first-order valence-electron chi connectivity index (χ1n) is 8.69. The third-order valence-corrected chi connectivity index (χ3v) is 5.30. The highest BCUT2D eigenvalue weighted by Crippen LogP contribution is 2.25. The van der Waals surface area contributed by atoms with Crippen LogP contribution < -0.4 is 4.74 Å². The van der Waals surface area contributed by atoms with E-state index in [2.05, 4.69) is 9.44 Å². The SMILES string of the molecule is COc1ccc(C(=NOS(=O)(=O)CCN2C(=O)c3ccccc3C2=O)C(F)(F)F)cc1. The Hall–Kier alpha value is -3.41. The first-order valence-corrected chi connectivity index (χ1v) is 10.3. The molecule has 0 spiro atoms. The molecule has 1 aliphatic heterocycles. The van der Waals surface area contributed by atoms with Crippen molar-refractivity contribution in [1.29, 1.82) is 0 Å². The van der Waals surface area contributed by atoms with Crippen LogP contribution in [-0.2, 0) is 14.4 Å². The highest BCUT2D eigenvalue weighted by molar-refractivity contribution is 7.86. The highest BCUT2D eigenvalue weighted by Gasteiger charge is 2.39. The summed E-state index contributed by atoms with van der Waals surface area (Å²) in [5.41, 5.74) is -1.78. The van der Waals surface area contributed by atoms with Crippen molar-refractivity contribution in [2.75, 3.05) is 19.4 Å². The number of alkyl halides is 3. The maximum atomic E-state index is 13.3. The molecule has 2 amide bonds. The van der Waals surface area contributed by atoms with Gasteiger partial charge < -0.3 is 4.74 Å². The van der Waals surface area contributed by atoms with Crippen molar-refractivity contribution in [3.63, 3.8) is 0 Å². The van der Waals surface area contributed by atoms with E-state index in [0.717, 1.165) is 12.1 Å². The second-order valence-electron chi connectivity index (χ2n) is 6.31. The van der Waals surface area contributed by atoms with E-state index in [1.54, 1.807) is 12.1 Å². The van der Waals surface area contributed by atoms with Crippen molar-refractivity contribution in [3.8, 4) is 5.75 Å². The summed E-state index contributed by atoms with van der Waals surface area (Å²) < 4.78 is 73.1. The molecule has 2 aromatic rings. The fourth-order valence-corrected chi connectivity index (χ4v) is 3.46. The van der Waals surface area contributed by atoms with Crippen LogP contribution in [-0.4, -0.2) is 56.4 Å². The molecule has 0 saturated heterocycles. The van der Waals surface area contributed by atoms with Crippen molar-refractivity contribution >= 4 is 27.6 Å². The highest BCUT2D eigenvalue weighted by atomic mass is 32.2. The van der Waals surface area contributed by atoms with E-state index in [1.807, 2.05) is 0 Å². The Labute approximate surface area is 175 Å². The standard InChI is InChI=1S/C19H15F3N2O6S/c1-29-13-8-6-12(7-9-13)16(19(20,21)22)23-30-31(27,28)11-10-24-17(25)14-4-2-3-5-15(14)18(24)26/h2-9H,10-11H2,1H3. The van der Waals surface area contributed by atoms with Gasteiger partial charge in [0.2, 0.25) is 0 Å². The van der Waals surface area contributed by atoms with Crippen LogP contribution in [0, 0.1) is 0 Å². The molecular formula is C19H15F3N2O6S. The Morgan fingerprint density at radius 2 is 1.55 bits per heavy atom. The molecule has 0 atom stereocenters. The van der Waals surface area contributed by atoms with Gasteiger partial charge in [-0.05, 0) is 36.4 Å². The van der Waals surface area contributed by atoms with E-state index in [9.17, 15) is 31.2 Å². The van der Waals surface area contributed by atoms with E-state index in [4.69, 9.17) is 4.74 Å². The van der Waals surface area contributed by atoms with Gasteiger partial charge in [-0.3, -0.25) is 18.8 Å². The van der Waals surface area contributed by atoms with Crippen LogP contribution in [0.25, 0.3) is 0 Å². The number of hydrogen-bond donors (Lipinski definition) is 0. The van der Waals surface area contributed by atoms with E-state index in [0.29, 0.717) is 10.6 Å². The van der Waals surface area contributed by atoms with Crippen LogP contribution in [0.15, 0.2) is 53.7 Å². The number of nitrogens with zero attached hydrogens (tertiary/aromatic N) is 2. The van der Waals surface area contributed by atoms with E-state index in [-0.39, 0.29) is 11.1 Å². The van der Waals surface area contributed by atoms with Crippen LogP contribution in [0.5, 0.6) is 5.75 Å². The van der Waals surface area contributed by atoms with Gasteiger partial charge >= 0.3 is 16.3 Å². The summed E-state index contributed by atoms with van der Waals surface area (Å²) in [6.07, 6.45) is -5.01. The number of methoxy groups -OCH3 is 1. The number of ether oxygens (including phenoxy) is 1. The number of amides is 2. The molecule has 31 heavy (non-hydrogen) atoms. The van der Waals surface area contributed by atoms with E-state index >= 15 is 0 Å². The maximum Gasteiger partial charge on any atom is 0.437 e. The Morgan fingerprint density at radius 3 is 2.03 bits per heavy atom. The van der Waals surface area contributed by atoms with Gasteiger partial charge in [-0.15, -0.1) is 0 Å². The van der Waals surface area contributed by atoms with Gasteiger partial charge in [0.15, 0.2) is 5.71 Å². The minimum absolute atomic E-state index is 0.114.